The Kier molecular flexibility index (Phi) is 5.49. The normalized spacial score (nSPS) is 16.9. The van der Waals surface area contributed by atoms with Crippen LogP contribution in [0.1, 0.15) is 54.9 Å². The largest absolute Gasteiger partial charge is 0.459 e. The van der Waals surface area contributed by atoms with Crippen LogP contribution in [0.15, 0.2) is 0 Å². The summed E-state index contributed by atoms with van der Waals surface area (Å²) in [7, 11) is 0. The molecule has 0 radical (unpaired) electrons. The Balaban J connectivity index is 5.09. The van der Waals surface area contributed by atoms with Crippen LogP contribution >= 0.6 is 0 Å². The Morgan fingerprint density at radius 2 is 1.47 bits per heavy atom. The molecule has 0 amide bonds. The van der Waals surface area contributed by atoms with Crippen molar-refractivity contribution >= 4 is 5.97 Å². The molecule has 0 saturated heterocycles. The summed E-state index contributed by atoms with van der Waals surface area (Å²) in [4.78, 5) is 11.8. The summed E-state index contributed by atoms with van der Waals surface area (Å²) >= 11 is 0. The molecule has 0 bridgehead atoms. The van der Waals surface area contributed by atoms with Gasteiger partial charge in [-0.2, -0.15) is 13.2 Å². The van der Waals surface area contributed by atoms with Gasteiger partial charge in [-0.05, 0) is 38.5 Å². The van der Waals surface area contributed by atoms with Gasteiger partial charge in [0.1, 0.15) is 5.60 Å². The van der Waals surface area contributed by atoms with Crippen molar-refractivity contribution in [3.63, 3.8) is 0 Å². The van der Waals surface area contributed by atoms with Crippen molar-refractivity contribution in [1.29, 1.82) is 0 Å². The van der Waals surface area contributed by atoms with E-state index in [0.717, 1.165) is 0 Å². The van der Waals surface area contributed by atoms with Crippen molar-refractivity contribution in [3.8, 4) is 0 Å². The summed E-state index contributed by atoms with van der Waals surface area (Å²) in [5, 5.41) is 0. The van der Waals surface area contributed by atoms with Gasteiger partial charge in [-0.3, -0.25) is 4.79 Å². The third-order valence-electron chi connectivity index (χ3n) is 2.52. The van der Waals surface area contributed by atoms with Crippen LogP contribution in [0.2, 0.25) is 0 Å². The topological polar surface area (TPSA) is 26.3 Å². The molecule has 0 spiro atoms. The second-order valence-corrected chi connectivity index (χ2v) is 7.29. The molecule has 2 nitrogen and oxygen atoms in total. The molecule has 0 aromatic heterocycles. The maximum atomic E-state index is 13.1. The zero-order valence-electron chi connectivity index (χ0n) is 12.8. The number of rotatable bonds is 3. The molecule has 0 saturated carbocycles. The molecule has 0 aliphatic heterocycles. The molecule has 19 heavy (non-hydrogen) atoms. The first-order valence-corrected chi connectivity index (χ1v) is 6.43. The molecule has 0 N–H and O–H groups in total. The van der Waals surface area contributed by atoms with Crippen LogP contribution in [0.5, 0.6) is 0 Å². The van der Waals surface area contributed by atoms with Gasteiger partial charge >= 0.3 is 12.1 Å². The predicted octanol–water partition coefficient (Wildman–Crippen LogP) is 4.58. The van der Waals surface area contributed by atoms with E-state index < -0.39 is 29.6 Å². The standard InChI is InChI=1S/C14H25F3O2/c1-9(8-12(2,3)4)10(14(15,16)17)11(18)19-13(5,6)7/h9-10H,8H2,1-7H3. The highest BCUT2D eigenvalue weighted by Crippen LogP contribution is 2.39. The number of carbonyl (C=O) groups excluding carboxylic acids is 1. The minimum Gasteiger partial charge on any atom is -0.459 e. The van der Waals surface area contributed by atoms with Crippen molar-refractivity contribution in [2.24, 2.45) is 17.3 Å². The van der Waals surface area contributed by atoms with Gasteiger partial charge in [-0.25, -0.2) is 0 Å². The Morgan fingerprint density at radius 3 is 1.74 bits per heavy atom. The fraction of sp³-hybridized carbons (Fsp3) is 0.929. The third-order valence-corrected chi connectivity index (χ3v) is 2.52. The van der Waals surface area contributed by atoms with E-state index in [0.29, 0.717) is 6.42 Å². The molecule has 0 aliphatic rings. The van der Waals surface area contributed by atoms with Gasteiger partial charge in [0.25, 0.3) is 0 Å². The Morgan fingerprint density at radius 1 is 1.05 bits per heavy atom. The fourth-order valence-corrected chi connectivity index (χ4v) is 2.14. The van der Waals surface area contributed by atoms with Crippen LogP contribution in [0.4, 0.5) is 13.2 Å². The fourth-order valence-electron chi connectivity index (χ4n) is 2.14. The van der Waals surface area contributed by atoms with Gasteiger partial charge in [0.05, 0.1) is 0 Å². The maximum absolute atomic E-state index is 13.1. The lowest BCUT2D eigenvalue weighted by molar-refractivity contribution is -0.214. The van der Waals surface area contributed by atoms with E-state index in [9.17, 15) is 18.0 Å². The smallest absolute Gasteiger partial charge is 0.402 e. The first-order valence-electron chi connectivity index (χ1n) is 6.43. The molecule has 5 heteroatoms. The highest BCUT2D eigenvalue weighted by molar-refractivity contribution is 5.74. The first kappa shape index (κ1) is 18.3. The third kappa shape index (κ3) is 7.43. The Labute approximate surface area is 113 Å². The van der Waals surface area contributed by atoms with Crippen molar-refractivity contribution in [1.82, 2.24) is 0 Å². The molecule has 114 valence electrons. The Bertz CT molecular complexity index is 308. The van der Waals surface area contributed by atoms with Crippen molar-refractivity contribution in [2.45, 2.75) is 66.7 Å². The number of alkyl halides is 3. The molecule has 2 atom stereocenters. The summed E-state index contributed by atoms with van der Waals surface area (Å²) in [6, 6.07) is 0. The minimum absolute atomic E-state index is 0.273. The van der Waals surface area contributed by atoms with E-state index in [-0.39, 0.29) is 5.41 Å². The van der Waals surface area contributed by atoms with Crippen LogP contribution in [0.25, 0.3) is 0 Å². The SMILES string of the molecule is CC(CC(C)(C)C)C(C(=O)OC(C)(C)C)C(F)(F)F. The summed E-state index contributed by atoms with van der Waals surface area (Å²) in [6.07, 6.45) is -4.27. The monoisotopic (exact) mass is 282 g/mol. The van der Waals surface area contributed by atoms with E-state index in [1.54, 1.807) is 20.8 Å². The van der Waals surface area contributed by atoms with Crippen molar-refractivity contribution < 1.29 is 22.7 Å². The van der Waals surface area contributed by atoms with E-state index in [1.807, 2.05) is 20.8 Å². The van der Waals surface area contributed by atoms with E-state index in [4.69, 9.17) is 4.74 Å². The summed E-state index contributed by atoms with van der Waals surface area (Å²) in [5.74, 6) is -4.06. The van der Waals surface area contributed by atoms with Crippen LogP contribution < -0.4 is 0 Å². The number of ether oxygens (including phenoxy) is 1. The molecule has 0 aliphatic carbocycles. The first-order chi connectivity index (χ1) is 8.13. The van der Waals surface area contributed by atoms with Crippen LogP contribution in [0.3, 0.4) is 0 Å². The van der Waals surface area contributed by atoms with Crippen molar-refractivity contribution in [3.05, 3.63) is 0 Å². The number of halogens is 3. The lowest BCUT2D eigenvalue weighted by atomic mass is 9.79. The second kappa shape index (κ2) is 5.71. The summed E-state index contributed by atoms with van der Waals surface area (Å²) in [5.41, 5.74) is -1.19. The van der Waals surface area contributed by atoms with Gasteiger partial charge in [0.15, 0.2) is 5.92 Å². The lowest BCUT2D eigenvalue weighted by Crippen LogP contribution is -2.41. The van der Waals surface area contributed by atoms with Gasteiger partial charge < -0.3 is 4.74 Å². The zero-order chi connectivity index (χ0) is 15.6. The molecule has 0 aromatic carbocycles. The molecular formula is C14H25F3O2. The molecule has 0 rings (SSSR count). The number of carbonyl (C=O) groups is 1. The number of hydrogen-bond donors (Lipinski definition) is 0. The van der Waals surface area contributed by atoms with Crippen LogP contribution in [-0.4, -0.2) is 17.7 Å². The van der Waals surface area contributed by atoms with Gasteiger partial charge in [0.2, 0.25) is 0 Å². The number of esters is 1. The quantitative estimate of drug-likeness (QED) is 0.708. The molecular weight excluding hydrogens is 257 g/mol. The molecule has 0 fully saturated rings. The maximum Gasteiger partial charge on any atom is 0.402 e. The molecule has 0 aromatic rings. The highest BCUT2D eigenvalue weighted by atomic mass is 19.4. The van der Waals surface area contributed by atoms with Crippen molar-refractivity contribution in [2.75, 3.05) is 0 Å². The second-order valence-electron chi connectivity index (χ2n) is 7.29. The summed E-state index contributed by atoms with van der Waals surface area (Å²) in [6.45, 7) is 11.7. The van der Waals surface area contributed by atoms with Crippen LogP contribution in [-0.2, 0) is 9.53 Å². The highest BCUT2D eigenvalue weighted by Gasteiger charge is 2.50. The molecule has 2 unspecified atom stereocenters. The van der Waals surface area contributed by atoms with Gasteiger partial charge in [-0.1, -0.05) is 27.7 Å². The average Bonchev–Trinajstić information content (AvgIpc) is 1.90. The number of hydrogen-bond acceptors (Lipinski definition) is 2. The van der Waals surface area contributed by atoms with E-state index in [2.05, 4.69) is 0 Å². The average molecular weight is 282 g/mol. The zero-order valence-corrected chi connectivity index (χ0v) is 12.8. The Hall–Kier alpha value is -0.740. The predicted molar refractivity (Wildman–Crippen MR) is 68.6 cm³/mol. The van der Waals surface area contributed by atoms with Crippen LogP contribution in [0, 0.1) is 17.3 Å². The minimum atomic E-state index is -4.58. The van der Waals surface area contributed by atoms with Gasteiger partial charge in [-0.15, -0.1) is 0 Å². The van der Waals surface area contributed by atoms with Gasteiger partial charge in [0, 0.05) is 0 Å². The van der Waals surface area contributed by atoms with E-state index in [1.165, 1.54) is 6.92 Å². The summed E-state index contributed by atoms with van der Waals surface area (Å²) < 4.78 is 44.1. The molecule has 0 heterocycles. The van der Waals surface area contributed by atoms with E-state index >= 15 is 0 Å². The lowest BCUT2D eigenvalue weighted by Gasteiger charge is -2.31.